The standard InChI is InChI=1S/C27H38IN3O7/c1-15-8-16(2)10-18(4)38-27(37)21(14-32)30-26(36)22(12-19-6-7-23(33)20(28)11-19)31(5)24(34)13-29-25(35)17(3)9-15/h6-8,11,16-18,21-22,32-33H,9-10,12-14H2,1-5H3,(H,29,35)(H,30,36)/b15-8+/t16-,17-,18-,21?,22+/m0/s1. The summed E-state index contributed by atoms with van der Waals surface area (Å²) in [5.74, 6) is -2.43. The van der Waals surface area contributed by atoms with E-state index in [9.17, 15) is 29.4 Å². The molecule has 5 atom stereocenters. The van der Waals surface area contributed by atoms with Gasteiger partial charge >= 0.3 is 5.97 Å². The summed E-state index contributed by atoms with van der Waals surface area (Å²) in [7, 11) is 1.44. The number of aliphatic hydroxyl groups is 1. The summed E-state index contributed by atoms with van der Waals surface area (Å²) in [6.45, 7) is 6.45. The van der Waals surface area contributed by atoms with Gasteiger partial charge < -0.3 is 30.5 Å². The highest BCUT2D eigenvalue weighted by Crippen LogP contribution is 2.22. The second-order valence-electron chi connectivity index (χ2n) is 10.1. The van der Waals surface area contributed by atoms with Crippen molar-refractivity contribution in [2.75, 3.05) is 20.2 Å². The Morgan fingerprint density at radius 1 is 1.13 bits per heavy atom. The van der Waals surface area contributed by atoms with Crippen LogP contribution < -0.4 is 10.6 Å². The summed E-state index contributed by atoms with van der Waals surface area (Å²) < 4.78 is 6.08. The quantitative estimate of drug-likeness (QED) is 0.224. The highest BCUT2D eigenvalue weighted by atomic mass is 127. The molecule has 0 saturated heterocycles. The summed E-state index contributed by atoms with van der Waals surface area (Å²) in [6, 6.07) is 2.43. The summed E-state index contributed by atoms with van der Waals surface area (Å²) in [5.41, 5.74) is 1.67. The SMILES string of the molecule is C/C1=C\[C@H](C)C[C@H](C)OC(=O)C(CO)NC(=O)[C@@H](Cc2ccc(O)c(I)c2)N(C)C(=O)CNC(=O)[C@@H](C)C1. The van der Waals surface area contributed by atoms with Crippen molar-refractivity contribution in [1.29, 1.82) is 0 Å². The molecule has 11 heteroatoms. The number of phenols is 1. The lowest BCUT2D eigenvalue weighted by atomic mass is 9.96. The first-order valence-electron chi connectivity index (χ1n) is 12.6. The minimum Gasteiger partial charge on any atom is -0.507 e. The lowest BCUT2D eigenvalue weighted by Gasteiger charge is -2.29. The van der Waals surface area contributed by atoms with Gasteiger partial charge in [0.25, 0.3) is 0 Å². The number of nitrogens with zero attached hydrogens (tertiary/aromatic N) is 1. The van der Waals surface area contributed by atoms with Crippen molar-refractivity contribution in [2.45, 2.75) is 65.1 Å². The van der Waals surface area contributed by atoms with Gasteiger partial charge in [-0.15, -0.1) is 0 Å². The number of nitrogens with one attached hydrogen (secondary N) is 2. The molecule has 1 aliphatic rings. The fourth-order valence-electron chi connectivity index (χ4n) is 4.44. The zero-order valence-corrected chi connectivity index (χ0v) is 24.7. The molecule has 38 heavy (non-hydrogen) atoms. The van der Waals surface area contributed by atoms with Gasteiger partial charge in [0.1, 0.15) is 11.8 Å². The number of phenolic OH excluding ortho intramolecular Hbond substituents is 1. The number of cyclic esters (lactones) is 1. The van der Waals surface area contributed by atoms with Gasteiger partial charge in [-0.3, -0.25) is 14.4 Å². The minimum absolute atomic E-state index is 0.0572. The van der Waals surface area contributed by atoms with Crippen molar-refractivity contribution in [3.05, 3.63) is 39.0 Å². The van der Waals surface area contributed by atoms with E-state index in [1.165, 1.54) is 18.0 Å². The molecule has 1 unspecified atom stereocenters. The molecule has 1 aliphatic heterocycles. The number of rotatable bonds is 3. The molecule has 3 amide bonds. The van der Waals surface area contributed by atoms with Crippen LogP contribution in [0.2, 0.25) is 0 Å². The first kappa shape index (κ1) is 31.5. The van der Waals surface area contributed by atoms with Crippen molar-refractivity contribution in [1.82, 2.24) is 15.5 Å². The largest absolute Gasteiger partial charge is 0.507 e. The average Bonchev–Trinajstić information content (AvgIpc) is 2.84. The second kappa shape index (κ2) is 14.5. The number of halogens is 1. The number of likely N-dealkylation sites (N-methyl/N-ethyl adjacent to an activating group) is 1. The Hall–Kier alpha value is -2.67. The maximum absolute atomic E-state index is 13.4. The number of aliphatic hydroxyl groups excluding tert-OH is 1. The molecule has 10 nitrogen and oxygen atoms in total. The highest BCUT2D eigenvalue weighted by molar-refractivity contribution is 14.1. The van der Waals surface area contributed by atoms with E-state index in [0.717, 1.165) is 5.57 Å². The van der Waals surface area contributed by atoms with Gasteiger partial charge in [0, 0.05) is 19.4 Å². The van der Waals surface area contributed by atoms with E-state index in [4.69, 9.17) is 4.74 Å². The first-order chi connectivity index (χ1) is 17.8. The molecular weight excluding hydrogens is 605 g/mol. The molecule has 0 radical (unpaired) electrons. The smallest absolute Gasteiger partial charge is 0.331 e. The van der Waals surface area contributed by atoms with Crippen LogP contribution in [0.3, 0.4) is 0 Å². The normalized spacial score (nSPS) is 28.3. The number of amides is 3. The third kappa shape index (κ3) is 9.26. The van der Waals surface area contributed by atoms with E-state index < -0.39 is 42.6 Å². The van der Waals surface area contributed by atoms with Crippen LogP contribution in [0, 0.1) is 15.4 Å². The van der Waals surface area contributed by atoms with Gasteiger partial charge in [-0.25, -0.2) is 4.79 Å². The zero-order valence-electron chi connectivity index (χ0n) is 22.5. The number of esters is 1. The Morgan fingerprint density at radius 3 is 2.45 bits per heavy atom. The molecule has 0 spiro atoms. The van der Waals surface area contributed by atoms with Gasteiger partial charge in [0.15, 0.2) is 6.04 Å². The van der Waals surface area contributed by atoms with Crippen LogP contribution in [-0.4, -0.2) is 77.2 Å². The number of carbonyl (C=O) groups excluding carboxylic acids is 4. The Kier molecular flexibility index (Phi) is 12.0. The number of benzene rings is 1. The van der Waals surface area contributed by atoms with Crippen molar-refractivity contribution >= 4 is 46.3 Å². The van der Waals surface area contributed by atoms with Gasteiger partial charge in [0.05, 0.1) is 22.8 Å². The van der Waals surface area contributed by atoms with Crippen LogP contribution in [0.25, 0.3) is 0 Å². The molecular formula is C27H38IN3O7. The summed E-state index contributed by atoms with van der Waals surface area (Å²) >= 11 is 1.96. The minimum atomic E-state index is -1.32. The van der Waals surface area contributed by atoms with Gasteiger partial charge in [-0.2, -0.15) is 0 Å². The van der Waals surface area contributed by atoms with Gasteiger partial charge in [-0.1, -0.05) is 31.6 Å². The molecule has 210 valence electrons. The molecule has 2 rings (SSSR count). The zero-order chi connectivity index (χ0) is 28.6. The van der Waals surface area contributed by atoms with E-state index in [-0.39, 0.29) is 36.5 Å². The maximum atomic E-state index is 13.4. The average molecular weight is 644 g/mol. The molecule has 0 aromatic heterocycles. The number of carbonyl (C=O) groups is 4. The van der Waals surface area contributed by atoms with Crippen molar-refractivity contribution in [2.24, 2.45) is 11.8 Å². The van der Waals surface area contributed by atoms with E-state index in [2.05, 4.69) is 10.6 Å². The molecule has 0 aliphatic carbocycles. The molecule has 4 N–H and O–H groups in total. The summed E-state index contributed by atoms with van der Waals surface area (Å²) in [4.78, 5) is 53.0. The topological polar surface area (TPSA) is 145 Å². The van der Waals surface area contributed by atoms with Crippen LogP contribution in [0.15, 0.2) is 29.8 Å². The number of hydrogen-bond acceptors (Lipinski definition) is 7. The lowest BCUT2D eigenvalue weighted by molar-refractivity contribution is -0.154. The van der Waals surface area contributed by atoms with Crippen molar-refractivity contribution < 1.29 is 34.1 Å². The number of hydrogen-bond donors (Lipinski definition) is 4. The first-order valence-corrected chi connectivity index (χ1v) is 13.7. The van der Waals surface area contributed by atoms with Crippen molar-refractivity contribution in [3.63, 3.8) is 0 Å². The molecule has 1 heterocycles. The Morgan fingerprint density at radius 2 is 1.82 bits per heavy atom. The fourth-order valence-corrected chi connectivity index (χ4v) is 5.02. The molecule has 1 aromatic rings. The van der Waals surface area contributed by atoms with Crippen LogP contribution in [0.4, 0.5) is 0 Å². The Bertz CT molecular complexity index is 1060. The predicted octanol–water partition coefficient (Wildman–Crippen LogP) is 1.90. The number of ether oxygens (including phenoxy) is 1. The molecule has 1 aromatic carbocycles. The van der Waals surface area contributed by atoms with Crippen molar-refractivity contribution in [3.8, 4) is 5.75 Å². The van der Waals surface area contributed by atoms with Crippen LogP contribution in [-0.2, 0) is 30.3 Å². The summed E-state index contributed by atoms with van der Waals surface area (Å²) in [6.07, 6.45) is 2.64. The van der Waals surface area contributed by atoms with Crippen LogP contribution >= 0.6 is 22.6 Å². The van der Waals surface area contributed by atoms with Gasteiger partial charge in [0.2, 0.25) is 17.7 Å². The number of aromatic hydroxyl groups is 1. The van der Waals surface area contributed by atoms with E-state index in [0.29, 0.717) is 22.0 Å². The Balaban J connectivity index is 2.38. The lowest BCUT2D eigenvalue weighted by Crippen LogP contribution is -2.55. The molecule has 0 fully saturated rings. The van der Waals surface area contributed by atoms with Crippen LogP contribution in [0.1, 0.15) is 46.1 Å². The third-order valence-corrected chi connectivity index (χ3v) is 7.33. The van der Waals surface area contributed by atoms with E-state index >= 15 is 0 Å². The summed E-state index contributed by atoms with van der Waals surface area (Å²) in [5, 5.41) is 24.9. The monoisotopic (exact) mass is 643 g/mol. The Labute approximate surface area is 237 Å². The van der Waals surface area contributed by atoms with E-state index in [1.807, 2.05) is 42.5 Å². The number of allylic oxidation sites excluding steroid dienone is 2. The fraction of sp³-hybridized carbons (Fsp3) is 0.556. The third-order valence-electron chi connectivity index (χ3n) is 6.47. The molecule has 0 saturated carbocycles. The van der Waals surface area contributed by atoms with Crippen LogP contribution in [0.5, 0.6) is 5.75 Å². The molecule has 0 bridgehead atoms. The van der Waals surface area contributed by atoms with E-state index in [1.54, 1.807) is 26.0 Å². The second-order valence-corrected chi connectivity index (χ2v) is 11.2. The van der Waals surface area contributed by atoms with Gasteiger partial charge in [-0.05, 0) is 72.9 Å². The highest BCUT2D eigenvalue weighted by Gasteiger charge is 2.32. The maximum Gasteiger partial charge on any atom is 0.331 e. The predicted molar refractivity (Wildman–Crippen MR) is 150 cm³/mol.